The van der Waals surface area contributed by atoms with Crippen LogP contribution in [0.5, 0.6) is 0 Å². The first-order valence-electron chi connectivity index (χ1n) is 6.99. The van der Waals surface area contributed by atoms with Crippen molar-refractivity contribution in [1.29, 1.82) is 0 Å². The topological polar surface area (TPSA) is 35.6 Å². The number of halogens is 1. The molecule has 0 saturated carbocycles. The Bertz CT molecular complexity index is 492. The molecule has 1 saturated heterocycles. The van der Waals surface area contributed by atoms with Gasteiger partial charge in [0, 0.05) is 36.9 Å². The van der Waals surface area contributed by atoms with Gasteiger partial charge >= 0.3 is 0 Å². The van der Waals surface area contributed by atoms with Crippen molar-refractivity contribution in [1.82, 2.24) is 9.80 Å². The zero-order valence-electron chi connectivity index (χ0n) is 12.3. The van der Waals surface area contributed by atoms with Gasteiger partial charge in [-0.1, -0.05) is 11.6 Å². The van der Waals surface area contributed by atoms with Crippen LogP contribution in [-0.2, 0) is 0 Å². The van der Waals surface area contributed by atoms with Crippen LogP contribution >= 0.6 is 11.6 Å². The number of amides is 1. The molecule has 20 heavy (non-hydrogen) atoms. The molecule has 1 aromatic rings. The van der Waals surface area contributed by atoms with Crippen LogP contribution < -0.4 is 5.32 Å². The molecule has 1 aliphatic heterocycles. The summed E-state index contributed by atoms with van der Waals surface area (Å²) in [6.45, 7) is 4.83. The highest BCUT2D eigenvalue weighted by Gasteiger charge is 2.26. The third-order valence-electron chi connectivity index (χ3n) is 3.79. The Kier molecular flexibility index (Phi) is 4.89. The Balaban J connectivity index is 2.28. The van der Waals surface area contributed by atoms with Gasteiger partial charge < -0.3 is 15.1 Å². The lowest BCUT2D eigenvalue weighted by molar-refractivity contribution is 0.0697. The average Bonchev–Trinajstić information content (AvgIpc) is 2.58. The maximum absolute atomic E-state index is 12.8. The molecular formula is C15H22ClN3O. The average molecular weight is 296 g/mol. The fourth-order valence-corrected chi connectivity index (χ4v) is 2.91. The molecule has 1 fully saturated rings. The van der Waals surface area contributed by atoms with E-state index < -0.39 is 0 Å². The van der Waals surface area contributed by atoms with Gasteiger partial charge in [-0.25, -0.2) is 0 Å². The fourth-order valence-electron chi connectivity index (χ4n) is 2.74. The molecule has 0 aliphatic carbocycles. The van der Waals surface area contributed by atoms with E-state index in [9.17, 15) is 4.79 Å². The van der Waals surface area contributed by atoms with Crippen LogP contribution in [0, 0.1) is 0 Å². The normalized spacial score (nSPS) is 20.6. The van der Waals surface area contributed by atoms with Gasteiger partial charge in [0.25, 0.3) is 5.91 Å². The van der Waals surface area contributed by atoms with Gasteiger partial charge in [0.15, 0.2) is 0 Å². The molecule has 0 spiro atoms. The van der Waals surface area contributed by atoms with Gasteiger partial charge in [-0.05, 0) is 45.1 Å². The molecule has 0 radical (unpaired) electrons. The Hall–Kier alpha value is -1.26. The molecule has 110 valence electrons. The van der Waals surface area contributed by atoms with Crippen molar-refractivity contribution in [2.24, 2.45) is 0 Å². The van der Waals surface area contributed by atoms with E-state index in [1.165, 1.54) is 0 Å². The molecule has 5 heteroatoms. The van der Waals surface area contributed by atoms with Gasteiger partial charge in [0.1, 0.15) is 0 Å². The molecule has 4 nitrogen and oxygen atoms in total. The summed E-state index contributed by atoms with van der Waals surface area (Å²) in [5.41, 5.74) is 1.47. The molecule has 1 aromatic carbocycles. The first kappa shape index (κ1) is 15.1. The van der Waals surface area contributed by atoms with Crippen molar-refractivity contribution in [3.05, 3.63) is 28.8 Å². The number of rotatable bonds is 2. The number of anilines is 1. The number of nitrogens with one attached hydrogen (secondary N) is 1. The monoisotopic (exact) mass is 295 g/mol. The maximum atomic E-state index is 12.8. The number of benzene rings is 1. The highest BCUT2D eigenvalue weighted by Crippen LogP contribution is 2.23. The number of carbonyl (C=O) groups excluding carboxylic acids is 1. The minimum Gasteiger partial charge on any atom is -0.387 e. The van der Waals surface area contributed by atoms with Gasteiger partial charge in [-0.3, -0.25) is 4.79 Å². The number of likely N-dealkylation sites (N-methyl/N-ethyl adjacent to an activating group) is 1. The molecule has 1 heterocycles. The minimum absolute atomic E-state index is 0.0552. The lowest BCUT2D eigenvalue weighted by atomic mass is 10.1. The summed E-state index contributed by atoms with van der Waals surface area (Å²) in [4.78, 5) is 17.0. The molecular weight excluding hydrogens is 274 g/mol. The van der Waals surface area contributed by atoms with Crippen LogP contribution in [-0.4, -0.2) is 55.5 Å². The van der Waals surface area contributed by atoms with Crippen molar-refractivity contribution in [2.75, 3.05) is 39.0 Å². The van der Waals surface area contributed by atoms with Crippen molar-refractivity contribution in [3.8, 4) is 0 Å². The second-order valence-corrected chi connectivity index (χ2v) is 5.84. The summed E-state index contributed by atoms with van der Waals surface area (Å²) >= 11 is 6.04. The van der Waals surface area contributed by atoms with E-state index in [2.05, 4.69) is 24.2 Å². The highest BCUT2D eigenvalue weighted by atomic mass is 35.5. The second-order valence-electron chi connectivity index (χ2n) is 5.40. The van der Waals surface area contributed by atoms with Gasteiger partial charge in [-0.15, -0.1) is 0 Å². The predicted octanol–water partition coefficient (Wildman–Crippen LogP) is 2.55. The van der Waals surface area contributed by atoms with Crippen LogP contribution in [0.3, 0.4) is 0 Å². The Labute approximate surface area is 125 Å². The molecule has 1 atom stereocenters. The number of hydrogen-bond acceptors (Lipinski definition) is 3. The summed E-state index contributed by atoms with van der Waals surface area (Å²) in [5, 5.41) is 3.66. The highest BCUT2D eigenvalue weighted by molar-refractivity contribution is 6.31. The zero-order valence-corrected chi connectivity index (χ0v) is 13.1. The lowest BCUT2D eigenvalue weighted by Gasteiger charge is -2.28. The summed E-state index contributed by atoms with van der Waals surface area (Å²) in [7, 11) is 3.92. The zero-order chi connectivity index (χ0) is 14.7. The van der Waals surface area contributed by atoms with Crippen molar-refractivity contribution >= 4 is 23.2 Å². The van der Waals surface area contributed by atoms with Crippen LogP contribution in [0.25, 0.3) is 0 Å². The standard InChI is InChI=1S/C15H22ClN3O/c1-11-10-18(3)7-4-8-19(11)15(20)13-9-12(16)5-6-14(13)17-2/h5-6,9,11,17H,4,7-8,10H2,1-3H3. The molecule has 1 unspecified atom stereocenters. The fraction of sp³-hybridized carbons (Fsp3) is 0.533. The predicted molar refractivity (Wildman–Crippen MR) is 83.6 cm³/mol. The second kappa shape index (κ2) is 6.46. The molecule has 1 N–H and O–H groups in total. The van der Waals surface area contributed by atoms with Crippen LogP contribution in [0.2, 0.25) is 5.02 Å². The van der Waals surface area contributed by atoms with E-state index in [1.54, 1.807) is 12.1 Å². The van der Waals surface area contributed by atoms with Gasteiger partial charge in [0.2, 0.25) is 0 Å². The summed E-state index contributed by atoms with van der Waals surface area (Å²) < 4.78 is 0. The first-order chi connectivity index (χ1) is 9.52. The number of nitrogens with zero attached hydrogens (tertiary/aromatic N) is 2. The first-order valence-corrected chi connectivity index (χ1v) is 7.37. The van der Waals surface area contributed by atoms with E-state index in [0.717, 1.165) is 31.7 Å². The lowest BCUT2D eigenvalue weighted by Crippen LogP contribution is -2.42. The summed E-state index contributed by atoms with van der Waals surface area (Å²) in [5.74, 6) is 0.0552. The van der Waals surface area contributed by atoms with E-state index in [4.69, 9.17) is 11.6 Å². The number of hydrogen-bond donors (Lipinski definition) is 1. The Morgan fingerprint density at radius 1 is 1.40 bits per heavy atom. The number of carbonyl (C=O) groups is 1. The van der Waals surface area contributed by atoms with E-state index in [1.807, 2.05) is 18.0 Å². The summed E-state index contributed by atoms with van der Waals surface area (Å²) in [6.07, 6.45) is 1.00. The quantitative estimate of drug-likeness (QED) is 0.911. The smallest absolute Gasteiger partial charge is 0.256 e. The molecule has 0 bridgehead atoms. The maximum Gasteiger partial charge on any atom is 0.256 e. The van der Waals surface area contributed by atoms with E-state index in [-0.39, 0.29) is 11.9 Å². The van der Waals surface area contributed by atoms with Gasteiger partial charge in [0.05, 0.1) is 5.56 Å². The Morgan fingerprint density at radius 3 is 2.85 bits per heavy atom. The van der Waals surface area contributed by atoms with E-state index in [0.29, 0.717) is 10.6 Å². The van der Waals surface area contributed by atoms with Gasteiger partial charge in [-0.2, -0.15) is 0 Å². The molecule has 0 aromatic heterocycles. The van der Waals surface area contributed by atoms with Crippen molar-refractivity contribution in [3.63, 3.8) is 0 Å². The Morgan fingerprint density at radius 2 is 2.15 bits per heavy atom. The molecule has 1 amide bonds. The van der Waals surface area contributed by atoms with Crippen LogP contribution in [0.15, 0.2) is 18.2 Å². The van der Waals surface area contributed by atoms with Crippen molar-refractivity contribution < 1.29 is 4.79 Å². The SMILES string of the molecule is CNc1ccc(Cl)cc1C(=O)N1CCCN(C)CC1C. The van der Waals surface area contributed by atoms with E-state index >= 15 is 0 Å². The van der Waals surface area contributed by atoms with Crippen LogP contribution in [0.1, 0.15) is 23.7 Å². The summed E-state index contributed by atoms with van der Waals surface area (Å²) in [6, 6.07) is 5.60. The van der Waals surface area contributed by atoms with Crippen LogP contribution in [0.4, 0.5) is 5.69 Å². The third kappa shape index (κ3) is 3.25. The minimum atomic E-state index is 0.0552. The molecule has 1 aliphatic rings. The third-order valence-corrected chi connectivity index (χ3v) is 4.02. The largest absolute Gasteiger partial charge is 0.387 e. The molecule has 2 rings (SSSR count). The van der Waals surface area contributed by atoms with Crippen molar-refractivity contribution in [2.45, 2.75) is 19.4 Å².